The molecule has 0 atom stereocenters. The lowest BCUT2D eigenvalue weighted by Gasteiger charge is -2.30. The zero-order valence-electron chi connectivity index (χ0n) is 16.9. The van der Waals surface area contributed by atoms with E-state index >= 15 is 0 Å². The van der Waals surface area contributed by atoms with Crippen LogP contribution in [0.2, 0.25) is 0 Å². The van der Waals surface area contributed by atoms with E-state index in [-0.39, 0.29) is 11.8 Å². The Labute approximate surface area is 177 Å². The molecular weight excluding hydrogens is 417 g/mol. The van der Waals surface area contributed by atoms with Crippen molar-refractivity contribution in [3.05, 3.63) is 24.3 Å². The molecule has 2 aliphatic heterocycles. The van der Waals surface area contributed by atoms with Gasteiger partial charge in [0.2, 0.25) is 5.91 Å². The van der Waals surface area contributed by atoms with Crippen molar-refractivity contribution >= 4 is 29.2 Å². The first kappa shape index (κ1) is 23.0. The lowest BCUT2D eigenvalue weighted by molar-refractivity contribution is -0.202. The van der Waals surface area contributed by atoms with E-state index in [1.165, 1.54) is 0 Å². The number of amides is 1. The first-order chi connectivity index (χ1) is 14.7. The number of ether oxygens (including phenoxy) is 1. The number of rotatable bonds is 5. The third kappa shape index (κ3) is 6.66. The first-order valence-corrected chi connectivity index (χ1v) is 10.1. The minimum Gasteiger partial charge on any atom is -0.385 e. The van der Waals surface area contributed by atoms with E-state index < -0.39 is 24.7 Å². The largest absolute Gasteiger partial charge is 0.491 e. The SMILES string of the molecule is O=C(CN1CCC(C(=O)Nc2ccc(N3CCNCC3)cc2)CC1)OC(=O)C(F)(F)F. The predicted octanol–water partition coefficient (Wildman–Crippen LogP) is 1.38. The maximum absolute atomic E-state index is 12.5. The minimum absolute atomic E-state index is 0.135. The zero-order chi connectivity index (χ0) is 22.4. The number of likely N-dealkylation sites (tertiary alicyclic amines) is 1. The van der Waals surface area contributed by atoms with Crippen LogP contribution in [0.5, 0.6) is 0 Å². The summed E-state index contributed by atoms with van der Waals surface area (Å²) in [6.07, 6.45) is -4.31. The Morgan fingerprint density at radius 2 is 1.65 bits per heavy atom. The maximum Gasteiger partial charge on any atom is 0.491 e. The van der Waals surface area contributed by atoms with Gasteiger partial charge in [-0.2, -0.15) is 13.2 Å². The van der Waals surface area contributed by atoms with E-state index in [9.17, 15) is 27.6 Å². The number of alkyl halides is 3. The van der Waals surface area contributed by atoms with Gasteiger partial charge in [0.15, 0.2) is 0 Å². The van der Waals surface area contributed by atoms with Gasteiger partial charge in [-0.3, -0.25) is 14.5 Å². The average Bonchev–Trinajstić information content (AvgIpc) is 2.74. The normalized spacial score (nSPS) is 18.5. The Kier molecular flexibility index (Phi) is 7.50. The fourth-order valence-electron chi connectivity index (χ4n) is 3.65. The third-order valence-electron chi connectivity index (χ3n) is 5.37. The molecule has 2 fully saturated rings. The van der Waals surface area contributed by atoms with Crippen LogP contribution < -0.4 is 15.5 Å². The van der Waals surface area contributed by atoms with Gasteiger partial charge >= 0.3 is 18.1 Å². The molecule has 0 spiro atoms. The Morgan fingerprint density at radius 3 is 2.23 bits per heavy atom. The standard InChI is InChI=1S/C20H25F3N4O4/c21-20(22,23)19(30)31-17(28)13-26-9-5-14(6-10-26)18(29)25-15-1-3-16(4-2-15)27-11-7-24-8-12-27/h1-4,14,24H,5-13H2,(H,25,29). The molecule has 31 heavy (non-hydrogen) atoms. The van der Waals surface area contributed by atoms with Crippen molar-refractivity contribution < 1.29 is 32.3 Å². The van der Waals surface area contributed by atoms with Gasteiger partial charge < -0.3 is 20.3 Å². The summed E-state index contributed by atoms with van der Waals surface area (Å²) in [7, 11) is 0. The predicted molar refractivity (Wildman–Crippen MR) is 106 cm³/mol. The van der Waals surface area contributed by atoms with Crippen molar-refractivity contribution in [1.29, 1.82) is 0 Å². The number of piperidine rings is 1. The number of hydrogen-bond acceptors (Lipinski definition) is 7. The average molecular weight is 442 g/mol. The van der Waals surface area contributed by atoms with E-state index in [1.54, 1.807) is 4.90 Å². The van der Waals surface area contributed by atoms with Crippen LogP contribution in [0.1, 0.15) is 12.8 Å². The molecule has 0 aromatic heterocycles. The number of carbonyl (C=O) groups is 3. The van der Waals surface area contributed by atoms with Crippen molar-refractivity contribution in [3.63, 3.8) is 0 Å². The second kappa shape index (κ2) is 10.1. The van der Waals surface area contributed by atoms with Gasteiger partial charge in [-0.05, 0) is 50.2 Å². The number of halogens is 3. The number of piperazine rings is 1. The number of benzene rings is 1. The summed E-state index contributed by atoms with van der Waals surface area (Å²) in [5.41, 5.74) is 1.80. The van der Waals surface area contributed by atoms with Crippen LogP contribution in [0.4, 0.5) is 24.5 Å². The van der Waals surface area contributed by atoms with Crippen molar-refractivity contribution in [3.8, 4) is 0 Å². The van der Waals surface area contributed by atoms with Gasteiger partial charge in [0.25, 0.3) is 0 Å². The van der Waals surface area contributed by atoms with Crippen LogP contribution in [-0.4, -0.2) is 74.7 Å². The minimum atomic E-state index is -5.20. The monoisotopic (exact) mass is 442 g/mol. The van der Waals surface area contributed by atoms with Crippen LogP contribution in [0.25, 0.3) is 0 Å². The van der Waals surface area contributed by atoms with Gasteiger partial charge in [-0.1, -0.05) is 0 Å². The molecule has 170 valence electrons. The molecule has 2 aliphatic rings. The smallest absolute Gasteiger partial charge is 0.385 e. The molecule has 8 nitrogen and oxygen atoms in total. The van der Waals surface area contributed by atoms with Crippen LogP contribution in [0.3, 0.4) is 0 Å². The fourth-order valence-corrected chi connectivity index (χ4v) is 3.65. The van der Waals surface area contributed by atoms with Crippen molar-refractivity contribution in [2.24, 2.45) is 5.92 Å². The van der Waals surface area contributed by atoms with Gasteiger partial charge in [-0.25, -0.2) is 4.79 Å². The summed E-state index contributed by atoms with van der Waals surface area (Å²) in [6.45, 7) is 4.00. The fraction of sp³-hybridized carbons (Fsp3) is 0.550. The highest BCUT2D eigenvalue weighted by Gasteiger charge is 2.42. The van der Waals surface area contributed by atoms with Crippen LogP contribution in [0, 0.1) is 5.92 Å². The highest BCUT2D eigenvalue weighted by molar-refractivity contribution is 5.93. The van der Waals surface area contributed by atoms with Crippen molar-refractivity contribution in [2.75, 3.05) is 56.0 Å². The number of carbonyl (C=O) groups excluding carboxylic acids is 3. The molecule has 1 amide bonds. The van der Waals surface area contributed by atoms with Gasteiger partial charge in [0, 0.05) is 43.5 Å². The first-order valence-electron chi connectivity index (χ1n) is 10.1. The van der Waals surface area contributed by atoms with E-state index in [2.05, 4.69) is 20.3 Å². The lowest BCUT2D eigenvalue weighted by atomic mass is 9.96. The highest BCUT2D eigenvalue weighted by atomic mass is 19.4. The molecule has 1 aromatic rings. The number of anilines is 2. The topological polar surface area (TPSA) is 91.0 Å². The third-order valence-corrected chi connectivity index (χ3v) is 5.37. The van der Waals surface area contributed by atoms with Crippen LogP contribution in [0.15, 0.2) is 24.3 Å². The molecule has 2 saturated heterocycles. The van der Waals surface area contributed by atoms with Gasteiger partial charge in [-0.15, -0.1) is 0 Å². The van der Waals surface area contributed by atoms with Crippen molar-refractivity contribution in [1.82, 2.24) is 10.2 Å². The molecule has 11 heteroatoms. The summed E-state index contributed by atoms with van der Waals surface area (Å²) < 4.78 is 40.2. The zero-order valence-corrected chi connectivity index (χ0v) is 16.9. The number of nitrogens with zero attached hydrogens (tertiary/aromatic N) is 2. The molecule has 1 aromatic carbocycles. The molecule has 2 N–H and O–H groups in total. The quantitative estimate of drug-likeness (QED) is 0.526. The van der Waals surface area contributed by atoms with Crippen LogP contribution in [-0.2, 0) is 19.1 Å². The summed E-state index contributed by atoms with van der Waals surface area (Å²) in [6, 6.07) is 7.66. The van der Waals surface area contributed by atoms with E-state index in [4.69, 9.17) is 0 Å². The number of esters is 2. The van der Waals surface area contributed by atoms with Gasteiger partial charge in [0.1, 0.15) is 0 Å². The number of nitrogens with one attached hydrogen (secondary N) is 2. The van der Waals surface area contributed by atoms with E-state index in [0.29, 0.717) is 31.6 Å². The highest BCUT2D eigenvalue weighted by Crippen LogP contribution is 2.22. The maximum atomic E-state index is 12.5. The Balaban J connectivity index is 1.42. The summed E-state index contributed by atoms with van der Waals surface area (Å²) >= 11 is 0. The Hall–Kier alpha value is -2.66. The summed E-state index contributed by atoms with van der Waals surface area (Å²) in [5, 5.41) is 6.19. The molecule has 0 unspecified atom stereocenters. The van der Waals surface area contributed by atoms with Gasteiger partial charge in [0.05, 0.1) is 6.54 Å². The molecule has 0 aliphatic carbocycles. The lowest BCUT2D eigenvalue weighted by Crippen LogP contribution is -2.43. The molecule has 3 rings (SSSR count). The molecule has 0 radical (unpaired) electrons. The summed E-state index contributed by atoms with van der Waals surface area (Å²) in [4.78, 5) is 38.6. The molecular formula is C20H25F3N4O4. The molecule has 0 saturated carbocycles. The Morgan fingerprint density at radius 1 is 1.03 bits per heavy atom. The van der Waals surface area contributed by atoms with E-state index in [0.717, 1.165) is 31.9 Å². The van der Waals surface area contributed by atoms with Crippen molar-refractivity contribution in [2.45, 2.75) is 19.0 Å². The number of hydrogen-bond donors (Lipinski definition) is 2. The second-order valence-corrected chi connectivity index (χ2v) is 7.58. The molecule has 0 bridgehead atoms. The summed E-state index contributed by atoms with van der Waals surface area (Å²) in [5.74, 6) is -4.18. The second-order valence-electron chi connectivity index (χ2n) is 7.58. The molecule has 2 heterocycles. The van der Waals surface area contributed by atoms with E-state index in [1.807, 2.05) is 24.3 Å². The van der Waals surface area contributed by atoms with Crippen LogP contribution >= 0.6 is 0 Å². The Bertz CT molecular complexity index is 787.